The van der Waals surface area contributed by atoms with E-state index < -0.39 is 10.0 Å². The number of hydrogen-bond acceptors (Lipinski definition) is 4. The van der Waals surface area contributed by atoms with E-state index in [9.17, 15) is 8.42 Å². The highest BCUT2D eigenvalue weighted by molar-refractivity contribution is 7.88. The molecule has 1 fully saturated rings. The van der Waals surface area contributed by atoms with Crippen LogP contribution in [0.4, 0.5) is 0 Å². The van der Waals surface area contributed by atoms with Gasteiger partial charge in [0.1, 0.15) is 0 Å². The van der Waals surface area contributed by atoms with E-state index in [2.05, 4.69) is 10.0 Å². The summed E-state index contributed by atoms with van der Waals surface area (Å²) in [6, 6.07) is 0.458. The SMILES string of the molecule is CS(=O)(=O)NCCNC1CCCCC1CN. The average molecular weight is 249 g/mol. The lowest BCUT2D eigenvalue weighted by atomic mass is 9.84. The number of nitrogens with one attached hydrogen (secondary N) is 2. The predicted octanol–water partition coefficient (Wildman–Crippen LogP) is -0.357. The molecule has 0 heterocycles. The maximum atomic E-state index is 10.8. The van der Waals surface area contributed by atoms with Gasteiger partial charge in [-0.3, -0.25) is 0 Å². The fraction of sp³-hybridized carbons (Fsp3) is 1.00. The van der Waals surface area contributed by atoms with Crippen molar-refractivity contribution >= 4 is 10.0 Å². The summed E-state index contributed by atoms with van der Waals surface area (Å²) in [6.45, 7) is 1.85. The molecule has 0 spiro atoms. The molecular formula is C10H23N3O2S. The fourth-order valence-electron chi connectivity index (χ4n) is 2.25. The van der Waals surface area contributed by atoms with Gasteiger partial charge in [0.05, 0.1) is 6.26 Å². The quantitative estimate of drug-likeness (QED) is 0.561. The number of hydrogen-bond donors (Lipinski definition) is 3. The molecule has 0 aromatic rings. The van der Waals surface area contributed by atoms with Crippen LogP contribution in [0.25, 0.3) is 0 Å². The van der Waals surface area contributed by atoms with E-state index in [0.29, 0.717) is 25.0 Å². The summed E-state index contributed by atoms with van der Waals surface area (Å²) in [7, 11) is -3.06. The molecule has 0 saturated heterocycles. The molecule has 6 heteroatoms. The second kappa shape index (κ2) is 6.54. The maximum Gasteiger partial charge on any atom is 0.208 e. The van der Waals surface area contributed by atoms with Crippen LogP contribution in [-0.4, -0.2) is 40.3 Å². The zero-order chi connectivity index (χ0) is 12.0. The minimum Gasteiger partial charge on any atom is -0.330 e. The summed E-state index contributed by atoms with van der Waals surface area (Å²) >= 11 is 0. The molecule has 1 rings (SSSR count). The third-order valence-electron chi connectivity index (χ3n) is 3.11. The summed E-state index contributed by atoms with van der Waals surface area (Å²) in [5.74, 6) is 0.548. The summed E-state index contributed by atoms with van der Waals surface area (Å²) in [6.07, 6.45) is 6.03. The van der Waals surface area contributed by atoms with Crippen molar-refractivity contribution in [3.63, 3.8) is 0 Å². The van der Waals surface area contributed by atoms with E-state index in [4.69, 9.17) is 5.73 Å². The Labute approximate surface area is 98.2 Å². The van der Waals surface area contributed by atoms with Crippen molar-refractivity contribution in [3.8, 4) is 0 Å². The van der Waals surface area contributed by atoms with Crippen LogP contribution in [0.1, 0.15) is 25.7 Å². The lowest BCUT2D eigenvalue weighted by molar-refractivity contribution is 0.270. The Morgan fingerprint density at radius 3 is 2.56 bits per heavy atom. The Morgan fingerprint density at radius 1 is 1.25 bits per heavy atom. The Morgan fingerprint density at radius 2 is 1.94 bits per heavy atom. The molecule has 0 aliphatic heterocycles. The highest BCUT2D eigenvalue weighted by Crippen LogP contribution is 2.23. The van der Waals surface area contributed by atoms with Crippen LogP contribution in [0.3, 0.4) is 0 Å². The normalized spacial score (nSPS) is 26.9. The van der Waals surface area contributed by atoms with Crippen LogP contribution in [0.5, 0.6) is 0 Å². The molecular weight excluding hydrogens is 226 g/mol. The van der Waals surface area contributed by atoms with Crippen molar-refractivity contribution in [1.29, 1.82) is 0 Å². The van der Waals surface area contributed by atoms with Crippen molar-refractivity contribution in [2.24, 2.45) is 11.7 Å². The molecule has 5 nitrogen and oxygen atoms in total. The van der Waals surface area contributed by atoms with Crippen LogP contribution in [0.15, 0.2) is 0 Å². The summed E-state index contributed by atoms with van der Waals surface area (Å²) < 4.78 is 24.2. The first kappa shape index (κ1) is 13.9. The second-order valence-corrected chi connectivity index (χ2v) is 6.34. The molecule has 4 N–H and O–H groups in total. The fourth-order valence-corrected chi connectivity index (χ4v) is 2.73. The van der Waals surface area contributed by atoms with E-state index >= 15 is 0 Å². The first-order chi connectivity index (χ1) is 7.53. The lowest BCUT2D eigenvalue weighted by Crippen LogP contribution is -2.44. The van der Waals surface area contributed by atoms with Crippen molar-refractivity contribution < 1.29 is 8.42 Å². The van der Waals surface area contributed by atoms with Gasteiger partial charge in [-0.05, 0) is 25.3 Å². The molecule has 16 heavy (non-hydrogen) atoms. The van der Waals surface area contributed by atoms with Crippen molar-refractivity contribution in [2.75, 3.05) is 25.9 Å². The van der Waals surface area contributed by atoms with Crippen LogP contribution in [0, 0.1) is 5.92 Å². The van der Waals surface area contributed by atoms with E-state index in [1.54, 1.807) is 0 Å². The minimum atomic E-state index is -3.06. The molecule has 2 atom stereocenters. The standard InChI is InChI=1S/C10H23N3O2S/c1-16(14,15)13-7-6-12-10-5-3-2-4-9(10)8-11/h9-10,12-13H,2-8,11H2,1H3. The smallest absolute Gasteiger partial charge is 0.208 e. The molecule has 2 unspecified atom stereocenters. The molecule has 1 aliphatic rings. The van der Waals surface area contributed by atoms with Gasteiger partial charge in [0, 0.05) is 19.1 Å². The van der Waals surface area contributed by atoms with Gasteiger partial charge >= 0.3 is 0 Å². The van der Waals surface area contributed by atoms with Crippen LogP contribution in [0.2, 0.25) is 0 Å². The van der Waals surface area contributed by atoms with Crippen LogP contribution < -0.4 is 15.8 Å². The first-order valence-corrected chi connectivity index (χ1v) is 7.80. The summed E-state index contributed by atoms with van der Waals surface area (Å²) in [5.41, 5.74) is 5.72. The molecule has 1 aliphatic carbocycles. The van der Waals surface area contributed by atoms with E-state index in [1.165, 1.54) is 25.5 Å². The predicted molar refractivity (Wildman–Crippen MR) is 65.6 cm³/mol. The third-order valence-corrected chi connectivity index (χ3v) is 3.84. The number of sulfonamides is 1. The van der Waals surface area contributed by atoms with Gasteiger partial charge in [0.25, 0.3) is 0 Å². The van der Waals surface area contributed by atoms with Gasteiger partial charge in [-0.15, -0.1) is 0 Å². The van der Waals surface area contributed by atoms with Gasteiger partial charge in [-0.2, -0.15) is 0 Å². The van der Waals surface area contributed by atoms with Crippen molar-refractivity contribution in [1.82, 2.24) is 10.0 Å². The molecule has 0 aromatic carbocycles. The number of rotatable bonds is 6. The van der Waals surface area contributed by atoms with Crippen LogP contribution >= 0.6 is 0 Å². The van der Waals surface area contributed by atoms with Gasteiger partial charge in [-0.1, -0.05) is 12.8 Å². The second-order valence-electron chi connectivity index (χ2n) is 4.51. The summed E-state index contributed by atoms with van der Waals surface area (Å²) in [5, 5.41) is 3.39. The van der Waals surface area contributed by atoms with Gasteiger partial charge in [0.15, 0.2) is 0 Å². The highest BCUT2D eigenvalue weighted by Gasteiger charge is 2.22. The van der Waals surface area contributed by atoms with Crippen LogP contribution in [-0.2, 0) is 10.0 Å². The number of nitrogens with two attached hydrogens (primary N) is 1. The monoisotopic (exact) mass is 249 g/mol. The Hall–Kier alpha value is -0.170. The van der Waals surface area contributed by atoms with E-state index in [1.807, 2.05) is 0 Å². The third kappa shape index (κ3) is 5.25. The van der Waals surface area contributed by atoms with Gasteiger partial charge in [0.2, 0.25) is 10.0 Å². The minimum absolute atomic E-state index is 0.451. The molecule has 96 valence electrons. The topological polar surface area (TPSA) is 84.2 Å². The zero-order valence-electron chi connectivity index (χ0n) is 9.91. The average Bonchev–Trinajstić information content (AvgIpc) is 2.23. The van der Waals surface area contributed by atoms with Gasteiger partial charge < -0.3 is 11.1 Å². The first-order valence-electron chi connectivity index (χ1n) is 5.91. The van der Waals surface area contributed by atoms with E-state index in [0.717, 1.165) is 13.0 Å². The Balaban J connectivity index is 2.20. The van der Waals surface area contributed by atoms with Crippen molar-refractivity contribution in [3.05, 3.63) is 0 Å². The van der Waals surface area contributed by atoms with E-state index in [-0.39, 0.29) is 0 Å². The molecule has 0 radical (unpaired) electrons. The largest absolute Gasteiger partial charge is 0.330 e. The highest BCUT2D eigenvalue weighted by atomic mass is 32.2. The lowest BCUT2D eigenvalue weighted by Gasteiger charge is -2.31. The van der Waals surface area contributed by atoms with Gasteiger partial charge in [-0.25, -0.2) is 13.1 Å². The Kier molecular flexibility index (Phi) is 5.68. The maximum absolute atomic E-state index is 10.8. The zero-order valence-corrected chi connectivity index (χ0v) is 10.7. The van der Waals surface area contributed by atoms with Crippen molar-refractivity contribution in [2.45, 2.75) is 31.7 Å². The molecule has 1 saturated carbocycles. The molecule has 0 aromatic heterocycles. The Bertz CT molecular complexity index is 292. The summed E-state index contributed by atoms with van der Waals surface area (Å²) in [4.78, 5) is 0. The molecule has 0 bridgehead atoms. The molecule has 0 amide bonds.